The van der Waals surface area contributed by atoms with Gasteiger partial charge in [-0.3, -0.25) is 0 Å². The van der Waals surface area contributed by atoms with Crippen LogP contribution in [0.5, 0.6) is 5.75 Å². The maximum Gasteiger partial charge on any atom is 0.123 e. The first-order valence-corrected chi connectivity index (χ1v) is 7.39. The molecule has 116 valence electrons. The topological polar surface area (TPSA) is 9.23 Å². The smallest absolute Gasteiger partial charge is 0.123 e. The molecule has 0 aliphatic rings. The Kier molecular flexibility index (Phi) is 9.95. The molecule has 0 aliphatic carbocycles. The Hall–Kier alpha value is -1.83. The Morgan fingerprint density at radius 3 is 1.90 bits per heavy atom. The minimum absolute atomic E-state index is 0.224. The minimum Gasteiger partial charge on any atom is -0.496 e. The molecule has 1 nitrogen and oxygen atoms in total. The van der Waals surface area contributed by atoms with Gasteiger partial charge in [-0.05, 0) is 42.2 Å². The molecule has 0 heterocycles. The molecule has 0 radical (unpaired) electrons. The van der Waals surface area contributed by atoms with Crippen molar-refractivity contribution in [2.24, 2.45) is 0 Å². The lowest BCUT2D eigenvalue weighted by Gasteiger charge is -2.01. The summed E-state index contributed by atoms with van der Waals surface area (Å²) in [5.74, 6) is 1.16. The lowest BCUT2D eigenvalue weighted by Crippen LogP contribution is -1.86. The van der Waals surface area contributed by atoms with Crippen molar-refractivity contribution in [3.8, 4) is 5.75 Å². The van der Waals surface area contributed by atoms with Crippen molar-refractivity contribution < 1.29 is 9.13 Å². The highest BCUT2D eigenvalue weighted by Crippen LogP contribution is 2.17. The number of methoxy groups -OCH3 is 1. The first-order chi connectivity index (χ1) is 10.0. The van der Waals surface area contributed by atoms with Crippen LogP contribution < -0.4 is 4.74 Å². The van der Waals surface area contributed by atoms with Gasteiger partial charge in [-0.15, -0.1) is 0 Å². The molecule has 0 amide bonds. The van der Waals surface area contributed by atoms with E-state index in [2.05, 4.69) is 38.1 Å². The van der Waals surface area contributed by atoms with Crippen LogP contribution in [-0.2, 0) is 0 Å². The Morgan fingerprint density at radius 2 is 1.52 bits per heavy atom. The Balaban J connectivity index is 0.000000342. The maximum atomic E-state index is 12.4. The van der Waals surface area contributed by atoms with E-state index >= 15 is 0 Å². The summed E-state index contributed by atoms with van der Waals surface area (Å²) in [7, 11) is 1.57. The fraction of sp³-hybridized carbons (Fsp3) is 0.368. The summed E-state index contributed by atoms with van der Waals surface area (Å²) < 4.78 is 17.4. The number of rotatable bonds is 2. The van der Waals surface area contributed by atoms with E-state index in [1.807, 2.05) is 26.8 Å². The van der Waals surface area contributed by atoms with E-state index in [1.165, 1.54) is 17.7 Å². The van der Waals surface area contributed by atoms with E-state index in [-0.39, 0.29) is 5.82 Å². The van der Waals surface area contributed by atoms with Crippen LogP contribution in [0.1, 0.15) is 44.7 Å². The number of hydrogen-bond donors (Lipinski definition) is 0. The summed E-state index contributed by atoms with van der Waals surface area (Å²) in [6, 6.07) is 15.0. The van der Waals surface area contributed by atoms with Gasteiger partial charge in [-0.2, -0.15) is 0 Å². The number of halogens is 1. The summed E-state index contributed by atoms with van der Waals surface area (Å²) in [6.45, 7) is 10.2. The minimum atomic E-state index is -0.224. The molecule has 0 atom stereocenters. The molecule has 0 aliphatic heterocycles. The van der Waals surface area contributed by atoms with Crippen LogP contribution in [0.15, 0.2) is 48.5 Å². The van der Waals surface area contributed by atoms with E-state index in [4.69, 9.17) is 4.74 Å². The molecule has 0 saturated carbocycles. The van der Waals surface area contributed by atoms with Gasteiger partial charge in [-0.1, -0.05) is 58.0 Å². The predicted octanol–water partition coefficient (Wildman–Crippen LogP) is 5.98. The van der Waals surface area contributed by atoms with Gasteiger partial charge in [-0.25, -0.2) is 4.39 Å². The van der Waals surface area contributed by atoms with Crippen molar-refractivity contribution in [1.29, 1.82) is 0 Å². The third-order valence-corrected chi connectivity index (χ3v) is 2.82. The van der Waals surface area contributed by atoms with Crippen LogP contribution in [0, 0.1) is 12.7 Å². The molecular formula is C19H27FO. The average Bonchev–Trinajstić information content (AvgIpc) is 2.51. The van der Waals surface area contributed by atoms with Gasteiger partial charge in [0.25, 0.3) is 0 Å². The van der Waals surface area contributed by atoms with Crippen LogP contribution in [-0.4, -0.2) is 7.11 Å². The molecule has 0 spiro atoms. The second kappa shape index (κ2) is 10.9. The maximum absolute atomic E-state index is 12.4. The molecule has 0 N–H and O–H groups in total. The first kappa shape index (κ1) is 19.2. The second-order valence-corrected chi connectivity index (χ2v) is 4.68. The summed E-state index contributed by atoms with van der Waals surface area (Å²) in [6.07, 6.45) is 0. The van der Waals surface area contributed by atoms with E-state index in [9.17, 15) is 4.39 Å². The molecule has 2 aromatic rings. The fourth-order valence-electron chi connectivity index (χ4n) is 1.68. The van der Waals surface area contributed by atoms with Gasteiger partial charge >= 0.3 is 0 Å². The van der Waals surface area contributed by atoms with Crippen molar-refractivity contribution in [2.45, 2.75) is 40.5 Å². The van der Waals surface area contributed by atoms with Crippen molar-refractivity contribution in [3.63, 3.8) is 0 Å². The summed E-state index contributed by atoms with van der Waals surface area (Å²) in [4.78, 5) is 0. The highest BCUT2D eigenvalue weighted by atomic mass is 19.1. The molecule has 0 saturated heterocycles. The summed E-state index contributed by atoms with van der Waals surface area (Å²) in [5, 5.41) is 0. The highest BCUT2D eigenvalue weighted by molar-refractivity contribution is 5.32. The van der Waals surface area contributed by atoms with E-state index in [0.717, 1.165) is 11.3 Å². The van der Waals surface area contributed by atoms with Gasteiger partial charge in [0, 0.05) is 0 Å². The third-order valence-electron chi connectivity index (χ3n) is 2.82. The standard InChI is InChI=1S/C9H12.C8H9FO.C2H6/c1-8(2)9-6-4-3-5-7-9;1-6-5-7(9)3-4-8(6)10-2;1-2/h3-8H,1-2H3;3-5H,1-2H3;1-2H3. The van der Waals surface area contributed by atoms with Crippen LogP contribution >= 0.6 is 0 Å². The van der Waals surface area contributed by atoms with E-state index in [1.54, 1.807) is 13.2 Å². The number of hydrogen-bond acceptors (Lipinski definition) is 1. The van der Waals surface area contributed by atoms with Gasteiger partial charge in [0.05, 0.1) is 7.11 Å². The summed E-state index contributed by atoms with van der Waals surface area (Å²) >= 11 is 0. The van der Waals surface area contributed by atoms with Gasteiger partial charge in [0.1, 0.15) is 11.6 Å². The Morgan fingerprint density at radius 1 is 0.952 bits per heavy atom. The molecule has 2 heteroatoms. The van der Waals surface area contributed by atoms with E-state index < -0.39 is 0 Å². The van der Waals surface area contributed by atoms with Crippen molar-refractivity contribution in [3.05, 3.63) is 65.5 Å². The average molecular weight is 290 g/mol. The molecule has 2 rings (SSSR count). The van der Waals surface area contributed by atoms with Crippen LogP contribution in [0.2, 0.25) is 0 Å². The normalized spacial score (nSPS) is 9.14. The van der Waals surface area contributed by atoms with Crippen molar-refractivity contribution in [2.75, 3.05) is 7.11 Å². The zero-order chi connectivity index (χ0) is 16.3. The third kappa shape index (κ3) is 7.50. The van der Waals surface area contributed by atoms with E-state index in [0.29, 0.717) is 5.92 Å². The van der Waals surface area contributed by atoms with Gasteiger partial charge in [0.2, 0.25) is 0 Å². The molecule has 0 bridgehead atoms. The van der Waals surface area contributed by atoms with Gasteiger partial charge in [0.15, 0.2) is 0 Å². The quantitative estimate of drug-likeness (QED) is 0.661. The Labute approximate surface area is 128 Å². The summed E-state index contributed by atoms with van der Waals surface area (Å²) in [5.41, 5.74) is 2.24. The number of aryl methyl sites for hydroxylation is 1. The van der Waals surface area contributed by atoms with Gasteiger partial charge < -0.3 is 4.74 Å². The predicted molar refractivity (Wildman–Crippen MR) is 89.6 cm³/mol. The monoisotopic (exact) mass is 290 g/mol. The SMILES string of the molecule is CC.CC(C)c1ccccc1.COc1ccc(F)cc1C. The largest absolute Gasteiger partial charge is 0.496 e. The molecule has 2 aromatic carbocycles. The molecule has 21 heavy (non-hydrogen) atoms. The van der Waals surface area contributed by atoms with Crippen molar-refractivity contribution >= 4 is 0 Å². The zero-order valence-corrected chi connectivity index (χ0v) is 14.0. The fourth-order valence-corrected chi connectivity index (χ4v) is 1.68. The number of ether oxygens (including phenoxy) is 1. The number of benzene rings is 2. The highest BCUT2D eigenvalue weighted by Gasteiger charge is 1.97. The lowest BCUT2D eigenvalue weighted by molar-refractivity contribution is 0.410. The van der Waals surface area contributed by atoms with Crippen LogP contribution in [0.3, 0.4) is 0 Å². The zero-order valence-electron chi connectivity index (χ0n) is 14.0. The molecule has 0 aromatic heterocycles. The van der Waals surface area contributed by atoms with Crippen LogP contribution in [0.25, 0.3) is 0 Å². The molecule has 0 fully saturated rings. The molecular weight excluding hydrogens is 263 g/mol. The first-order valence-electron chi connectivity index (χ1n) is 7.39. The second-order valence-electron chi connectivity index (χ2n) is 4.68. The Bertz CT molecular complexity index is 492. The molecule has 0 unspecified atom stereocenters. The van der Waals surface area contributed by atoms with Crippen LogP contribution in [0.4, 0.5) is 4.39 Å². The lowest BCUT2D eigenvalue weighted by atomic mass is 10.0. The van der Waals surface area contributed by atoms with Crippen molar-refractivity contribution in [1.82, 2.24) is 0 Å².